The fraction of sp³-hybridized carbons (Fsp3) is 1.00. The maximum atomic E-state index is 6.39. The summed E-state index contributed by atoms with van der Waals surface area (Å²) < 4.78 is 6.00. The third-order valence-electron chi connectivity index (χ3n) is 3.75. The predicted octanol–water partition coefficient (Wildman–Crippen LogP) is 2.64. The van der Waals surface area contributed by atoms with Gasteiger partial charge in [-0.2, -0.15) is 0 Å². The second-order valence-electron chi connectivity index (χ2n) is 7.50. The molecule has 1 fully saturated rings. The predicted molar refractivity (Wildman–Crippen MR) is 77.7 cm³/mol. The Morgan fingerprint density at radius 2 is 1.94 bits per heavy atom. The minimum atomic E-state index is -0.0748. The molecule has 0 saturated carbocycles. The van der Waals surface area contributed by atoms with E-state index in [9.17, 15) is 0 Å². The summed E-state index contributed by atoms with van der Waals surface area (Å²) in [7, 11) is 0. The average Bonchev–Trinajstić information content (AvgIpc) is 2.11. The van der Waals surface area contributed by atoms with Gasteiger partial charge in [-0.05, 0) is 32.6 Å². The second kappa shape index (κ2) is 5.48. The van der Waals surface area contributed by atoms with Crippen LogP contribution >= 0.6 is 0 Å². The Bertz CT molecular complexity index is 270. The smallest absolute Gasteiger partial charge is 0.0757 e. The summed E-state index contributed by atoms with van der Waals surface area (Å²) >= 11 is 0. The van der Waals surface area contributed by atoms with E-state index in [1.165, 1.54) is 0 Å². The zero-order chi connectivity index (χ0) is 14.1. The van der Waals surface area contributed by atoms with Gasteiger partial charge in [-0.1, -0.05) is 27.7 Å². The summed E-state index contributed by atoms with van der Waals surface area (Å²) in [5, 5.41) is 0. The normalized spacial score (nSPS) is 29.0. The molecule has 108 valence electrons. The number of nitrogens with zero attached hydrogens (tertiary/aromatic N) is 1. The van der Waals surface area contributed by atoms with E-state index in [-0.39, 0.29) is 23.2 Å². The molecule has 1 heterocycles. The van der Waals surface area contributed by atoms with Crippen LogP contribution in [0.25, 0.3) is 0 Å². The monoisotopic (exact) mass is 256 g/mol. The van der Waals surface area contributed by atoms with E-state index in [2.05, 4.69) is 53.4 Å². The highest BCUT2D eigenvalue weighted by Crippen LogP contribution is 2.32. The molecule has 0 amide bonds. The van der Waals surface area contributed by atoms with Gasteiger partial charge in [0.25, 0.3) is 0 Å². The largest absolute Gasteiger partial charge is 0.370 e. The molecule has 0 radical (unpaired) electrons. The minimum absolute atomic E-state index is 0.0748. The fourth-order valence-electron chi connectivity index (χ4n) is 3.40. The first-order chi connectivity index (χ1) is 8.07. The highest BCUT2D eigenvalue weighted by atomic mass is 16.5. The first-order valence-electron chi connectivity index (χ1n) is 7.24. The summed E-state index contributed by atoms with van der Waals surface area (Å²) in [6.45, 7) is 17.5. The number of morpholine rings is 1. The molecule has 1 aliphatic rings. The van der Waals surface area contributed by atoms with Crippen LogP contribution in [0.5, 0.6) is 0 Å². The molecule has 0 spiro atoms. The van der Waals surface area contributed by atoms with Crippen LogP contribution < -0.4 is 5.73 Å². The van der Waals surface area contributed by atoms with E-state index in [4.69, 9.17) is 10.5 Å². The fourth-order valence-corrected chi connectivity index (χ4v) is 3.40. The van der Waals surface area contributed by atoms with Crippen molar-refractivity contribution >= 4 is 0 Å². The number of hydrogen-bond donors (Lipinski definition) is 1. The number of ether oxygens (including phenoxy) is 1. The molecule has 3 unspecified atom stereocenters. The van der Waals surface area contributed by atoms with Gasteiger partial charge in [0.1, 0.15) is 0 Å². The Kier molecular flexibility index (Phi) is 4.85. The van der Waals surface area contributed by atoms with Crippen LogP contribution in [0.4, 0.5) is 0 Å². The van der Waals surface area contributed by atoms with Gasteiger partial charge in [-0.15, -0.1) is 0 Å². The van der Waals surface area contributed by atoms with Gasteiger partial charge in [-0.25, -0.2) is 0 Å². The van der Waals surface area contributed by atoms with Crippen LogP contribution in [-0.4, -0.2) is 41.8 Å². The van der Waals surface area contributed by atoms with Gasteiger partial charge < -0.3 is 10.5 Å². The molecule has 3 heteroatoms. The van der Waals surface area contributed by atoms with Crippen LogP contribution in [0.2, 0.25) is 0 Å². The van der Waals surface area contributed by atoms with E-state index >= 15 is 0 Å². The van der Waals surface area contributed by atoms with Gasteiger partial charge in [0.15, 0.2) is 0 Å². The molecular weight excluding hydrogens is 224 g/mol. The summed E-state index contributed by atoms with van der Waals surface area (Å²) in [4.78, 5) is 2.54. The molecule has 0 aromatic heterocycles. The van der Waals surface area contributed by atoms with Crippen molar-refractivity contribution in [2.24, 2.45) is 11.1 Å². The standard InChI is InChI=1S/C15H32N2O/c1-8-12(16)13(14(3,4)5)17-9-11(2)18-15(6,7)10-17/h11-13H,8-10,16H2,1-7H3. The van der Waals surface area contributed by atoms with Crippen LogP contribution in [0, 0.1) is 5.41 Å². The molecule has 1 rings (SSSR count). The lowest BCUT2D eigenvalue weighted by molar-refractivity contribution is -0.148. The van der Waals surface area contributed by atoms with Crippen molar-refractivity contribution in [2.75, 3.05) is 13.1 Å². The number of rotatable bonds is 3. The van der Waals surface area contributed by atoms with Crippen molar-refractivity contribution in [1.82, 2.24) is 4.90 Å². The first-order valence-corrected chi connectivity index (χ1v) is 7.24. The first kappa shape index (κ1) is 15.9. The van der Waals surface area contributed by atoms with Gasteiger partial charge in [0.05, 0.1) is 11.7 Å². The second-order valence-corrected chi connectivity index (χ2v) is 7.50. The molecule has 3 atom stereocenters. The molecule has 18 heavy (non-hydrogen) atoms. The molecule has 0 aromatic carbocycles. The Hall–Kier alpha value is -0.120. The van der Waals surface area contributed by atoms with E-state index in [1.807, 2.05) is 0 Å². The third kappa shape index (κ3) is 3.94. The lowest BCUT2D eigenvalue weighted by Crippen LogP contribution is -2.62. The Morgan fingerprint density at radius 1 is 1.39 bits per heavy atom. The van der Waals surface area contributed by atoms with Crippen molar-refractivity contribution in [3.05, 3.63) is 0 Å². The molecule has 1 aliphatic heterocycles. The summed E-state index contributed by atoms with van der Waals surface area (Å²) in [6.07, 6.45) is 1.30. The quantitative estimate of drug-likeness (QED) is 0.843. The number of nitrogens with two attached hydrogens (primary N) is 1. The summed E-state index contributed by atoms with van der Waals surface area (Å²) in [5.41, 5.74) is 6.51. The number of hydrogen-bond acceptors (Lipinski definition) is 3. The Morgan fingerprint density at radius 3 is 2.33 bits per heavy atom. The SMILES string of the molecule is CCC(N)C(N1CC(C)OC(C)(C)C1)C(C)(C)C. The van der Waals surface area contributed by atoms with Crippen LogP contribution in [0.15, 0.2) is 0 Å². The van der Waals surface area contributed by atoms with Gasteiger partial charge in [0, 0.05) is 25.2 Å². The maximum absolute atomic E-state index is 6.39. The maximum Gasteiger partial charge on any atom is 0.0757 e. The molecule has 0 aromatic rings. The van der Waals surface area contributed by atoms with E-state index in [1.54, 1.807) is 0 Å². The molecule has 2 N–H and O–H groups in total. The van der Waals surface area contributed by atoms with Crippen LogP contribution in [0.1, 0.15) is 54.9 Å². The van der Waals surface area contributed by atoms with Crippen molar-refractivity contribution in [3.63, 3.8) is 0 Å². The third-order valence-corrected chi connectivity index (χ3v) is 3.75. The summed E-state index contributed by atoms with van der Waals surface area (Å²) in [5.74, 6) is 0. The molecule has 1 saturated heterocycles. The highest BCUT2D eigenvalue weighted by Gasteiger charge is 2.40. The molecular formula is C15H32N2O. The van der Waals surface area contributed by atoms with E-state index < -0.39 is 0 Å². The van der Waals surface area contributed by atoms with E-state index in [0.717, 1.165) is 19.5 Å². The molecule has 0 bridgehead atoms. The van der Waals surface area contributed by atoms with Crippen LogP contribution in [0.3, 0.4) is 0 Å². The van der Waals surface area contributed by atoms with Crippen molar-refractivity contribution in [1.29, 1.82) is 0 Å². The molecule has 3 nitrogen and oxygen atoms in total. The lowest BCUT2D eigenvalue weighted by Gasteiger charge is -2.50. The van der Waals surface area contributed by atoms with E-state index in [0.29, 0.717) is 6.04 Å². The lowest BCUT2D eigenvalue weighted by atomic mass is 9.79. The highest BCUT2D eigenvalue weighted by molar-refractivity contribution is 4.95. The summed E-state index contributed by atoms with van der Waals surface area (Å²) in [6, 6.07) is 0.638. The minimum Gasteiger partial charge on any atom is -0.370 e. The zero-order valence-electron chi connectivity index (χ0n) is 13.3. The Balaban J connectivity index is 2.92. The topological polar surface area (TPSA) is 38.5 Å². The molecule has 0 aliphatic carbocycles. The van der Waals surface area contributed by atoms with Crippen molar-refractivity contribution in [3.8, 4) is 0 Å². The van der Waals surface area contributed by atoms with Gasteiger partial charge in [0.2, 0.25) is 0 Å². The van der Waals surface area contributed by atoms with Crippen LogP contribution in [-0.2, 0) is 4.74 Å². The van der Waals surface area contributed by atoms with Gasteiger partial charge >= 0.3 is 0 Å². The van der Waals surface area contributed by atoms with Crippen molar-refractivity contribution < 1.29 is 4.74 Å². The Labute approximate surface area is 113 Å². The van der Waals surface area contributed by atoms with Crippen molar-refractivity contribution in [2.45, 2.75) is 78.7 Å². The average molecular weight is 256 g/mol. The zero-order valence-corrected chi connectivity index (χ0v) is 13.3. The van der Waals surface area contributed by atoms with Gasteiger partial charge in [-0.3, -0.25) is 4.90 Å².